The molecule has 1 saturated heterocycles. The van der Waals surface area contributed by atoms with Gasteiger partial charge in [0, 0.05) is 0 Å². The number of aliphatic hydroxyl groups excluding tert-OH is 4. The first kappa shape index (κ1) is 17.8. The molecule has 21 heavy (non-hydrogen) atoms. The summed E-state index contributed by atoms with van der Waals surface area (Å²) in [5.41, 5.74) is 0. The minimum atomic E-state index is -1.67. The molecule has 1 unspecified atom stereocenters. The van der Waals surface area contributed by atoms with Crippen LogP contribution < -0.4 is 0 Å². The second-order valence-electron chi connectivity index (χ2n) is 4.59. The summed E-state index contributed by atoms with van der Waals surface area (Å²) in [6.45, 7) is -0.996. The van der Waals surface area contributed by atoms with Gasteiger partial charge in [-0.25, -0.2) is 0 Å². The third-order valence-electron chi connectivity index (χ3n) is 3.13. The van der Waals surface area contributed by atoms with Crippen LogP contribution in [0.1, 0.15) is 6.42 Å². The van der Waals surface area contributed by atoms with Gasteiger partial charge < -0.3 is 40.1 Å². The van der Waals surface area contributed by atoms with Crippen molar-refractivity contribution in [3.63, 3.8) is 0 Å². The zero-order valence-corrected chi connectivity index (χ0v) is 10.9. The van der Waals surface area contributed by atoms with E-state index in [0.717, 1.165) is 0 Å². The average Bonchev–Trinajstić information content (AvgIpc) is 2.42. The van der Waals surface area contributed by atoms with Gasteiger partial charge in [0.15, 0.2) is 12.2 Å². The molecule has 6 N–H and O–H groups in total. The maximum atomic E-state index is 10.7. The molecule has 0 amide bonds. The van der Waals surface area contributed by atoms with Crippen molar-refractivity contribution in [2.24, 2.45) is 5.92 Å². The van der Waals surface area contributed by atoms with Gasteiger partial charge >= 0.3 is 11.9 Å². The molecule has 10 nitrogen and oxygen atoms in total. The highest BCUT2D eigenvalue weighted by molar-refractivity contribution is 5.92. The van der Waals surface area contributed by atoms with Crippen molar-refractivity contribution in [1.29, 1.82) is 0 Å². The Hall–Kier alpha value is -1.30. The lowest BCUT2D eigenvalue weighted by Crippen LogP contribution is -2.59. The predicted octanol–water partition coefficient (Wildman–Crippen LogP) is -3.02. The smallest absolute Gasteiger partial charge is 0.317 e. The monoisotopic (exact) mass is 310 g/mol. The molecule has 1 rings (SSSR count). The molecular weight excluding hydrogens is 292 g/mol. The van der Waals surface area contributed by atoms with E-state index in [0.29, 0.717) is 0 Å². The molecule has 0 spiro atoms. The molecule has 10 heteroatoms. The number of ether oxygens (including phenoxy) is 2. The number of hydrogen-bond donors (Lipinski definition) is 6. The number of hydrogen-bond acceptors (Lipinski definition) is 8. The highest BCUT2D eigenvalue weighted by Crippen LogP contribution is 2.22. The predicted molar refractivity (Wildman–Crippen MR) is 63.1 cm³/mol. The van der Waals surface area contributed by atoms with Crippen molar-refractivity contribution in [1.82, 2.24) is 0 Å². The van der Waals surface area contributed by atoms with Crippen molar-refractivity contribution in [2.75, 3.05) is 13.2 Å². The van der Waals surface area contributed by atoms with Gasteiger partial charge in [0.1, 0.15) is 24.4 Å². The van der Waals surface area contributed by atoms with E-state index in [9.17, 15) is 24.9 Å². The first-order valence-corrected chi connectivity index (χ1v) is 6.17. The van der Waals surface area contributed by atoms with Crippen molar-refractivity contribution < 1.29 is 49.7 Å². The van der Waals surface area contributed by atoms with Gasteiger partial charge in [-0.05, 0) is 6.42 Å². The van der Waals surface area contributed by atoms with E-state index >= 15 is 0 Å². The molecular formula is C11H18O10. The standard InChI is InChI=1S/C11H18O10/c12-3-5-6(13)7(14)8(15)11(21-5)20-2-1-4(9(16)17)10(18)19/h4-8,11-15H,1-3H2,(H,16,17)(H,18,19)/t5-,6-,7+,8+,11?/m1/s1. The Kier molecular flexibility index (Phi) is 6.45. The van der Waals surface area contributed by atoms with Gasteiger partial charge in [0.25, 0.3) is 0 Å². The molecule has 122 valence electrons. The van der Waals surface area contributed by atoms with Crippen LogP contribution in [0.4, 0.5) is 0 Å². The Morgan fingerprint density at radius 1 is 1.05 bits per heavy atom. The number of rotatable bonds is 7. The van der Waals surface area contributed by atoms with E-state index in [4.69, 9.17) is 24.8 Å². The molecule has 0 bridgehead atoms. The minimum absolute atomic E-state index is 0.369. The van der Waals surface area contributed by atoms with Crippen molar-refractivity contribution in [3.05, 3.63) is 0 Å². The van der Waals surface area contributed by atoms with Crippen LogP contribution in [-0.2, 0) is 19.1 Å². The Balaban J connectivity index is 2.54. The lowest BCUT2D eigenvalue weighted by molar-refractivity contribution is -0.301. The quantitative estimate of drug-likeness (QED) is 0.265. The summed E-state index contributed by atoms with van der Waals surface area (Å²) in [6.07, 6.45) is -7.70. The van der Waals surface area contributed by atoms with Crippen LogP contribution >= 0.6 is 0 Å². The number of aliphatic carboxylic acids is 2. The van der Waals surface area contributed by atoms with Crippen LogP contribution in [-0.4, -0.2) is 86.5 Å². The summed E-state index contributed by atoms with van der Waals surface area (Å²) in [4.78, 5) is 21.3. The van der Waals surface area contributed by atoms with Crippen LogP contribution in [0.2, 0.25) is 0 Å². The Labute approximate surface area is 119 Å². The van der Waals surface area contributed by atoms with Gasteiger partial charge in [0.2, 0.25) is 0 Å². The molecule has 0 radical (unpaired) electrons. The largest absolute Gasteiger partial charge is 0.481 e. The van der Waals surface area contributed by atoms with E-state index in [2.05, 4.69) is 0 Å². The number of carboxylic acids is 2. The van der Waals surface area contributed by atoms with Crippen LogP contribution in [0.3, 0.4) is 0 Å². The highest BCUT2D eigenvalue weighted by Gasteiger charge is 2.44. The molecule has 1 heterocycles. The molecule has 0 aromatic heterocycles. The zero-order chi connectivity index (χ0) is 16.2. The Bertz CT molecular complexity index is 356. The fourth-order valence-corrected chi connectivity index (χ4v) is 1.86. The Morgan fingerprint density at radius 2 is 1.62 bits per heavy atom. The second-order valence-corrected chi connectivity index (χ2v) is 4.59. The van der Waals surface area contributed by atoms with Gasteiger partial charge in [-0.15, -0.1) is 0 Å². The van der Waals surface area contributed by atoms with Crippen molar-refractivity contribution >= 4 is 11.9 Å². The lowest BCUT2D eigenvalue weighted by Gasteiger charge is -2.39. The molecule has 0 aromatic carbocycles. The van der Waals surface area contributed by atoms with Crippen LogP contribution in [0.5, 0.6) is 0 Å². The summed E-state index contributed by atoms with van der Waals surface area (Å²) in [7, 11) is 0. The molecule has 0 saturated carbocycles. The topological polar surface area (TPSA) is 174 Å². The molecule has 0 aliphatic carbocycles. The number of carbonyl (C=O) groups is 2. The summed E-state index contributed by atoms with van der Waals surface area (Å²) < 4.78 is 10.0. The zero-order valence-electron chi connectivity index (χ0n) is 10.9. The maximum Gasteiger partial charge on any atom is 0.317 e. The molecule has 1 fully saturated rings. The summed E-state index contributed by atoms with van der Waals surface area (Å²) >= 11 is 0. The van der Waals surface area contributed by atoms with Crippen molar-refractivity contribution in [2.45, 2.75) is 37.1 Å². The maximum absolute atomic E-state index is 10.7. The van der Waals surface area contributed by atoms with Crippen LogP contribution in [0.15, 0.2) is 0 Å². The summed E-state index contributed by atoms with van der Waals surface area (Å²) in [6, 6.07) is 0. The normalized spacial score (nSPS) is 33.1. The second kappa shape index (κ2) is 7.64. The first-order chi connectivity index (χ1) is 9.79. The lowest BCUT2D eigenvalue weighted by atomic mass is 9.99. The minimum Gasteiger partial charge on any atom is -0.481 e. The highest BCUT2D eigenvalue weighted by atomic mass is 16.7. The van der Waals surface area contributed by atoms with Gasteiger partial charge in [-0.2, -0.15) is 0 Å². The van der Waals surface area contributed by atoms with Gasteiger partial charge in [-0.1, -0.05) is 0 Å². The number of carboxylic acid groups (broad SMARTS) is 2. The number of aliphatic hydroxyl groups is 4. The van der Waals surface area contributed by atoms with Crippen LogP contribution in [0.25, 0.3) is 0 Å². The first-order valence-electron chi connectivity index (χ1n) is 6.17. The SMILES string of the molecule is O=C(O)C(CCOC1O[C@H](CO)[C@@H](O)[C@H](O)[C@@H]1O)C(=O)O. The van der Waals surface area contributed by atoms with E-state index in [1.54, 1.807) is 0 Å². The fraction of sp³-hybridized carbons (Fsp3) is 0.818. The van der Waals surface area contributed by atoms with E-state index in [1.165, 1.54) is 0 Å². The van der Waals surface area contributed by atoms with E-state index in [-0.39, 0.29) is 13.0 Å². The molecule has 1 aliphatic heterocycles. The Morgan fingerprint density at radius 3 is 2.10 bits per heavy atom. The fourth-order valence-electron chi connectivity index (χ4n) is 1.86. The van der Waals surface area contributed by atoms with Crippen LogP contribution in [0, 0.1) is 5.92 Å². The average molecular weight is 310 g/mol. The van der Waals surface area contributed by atoms with Gasteiger partial charge in [-0.3, -0.25) is 9.59 Å². The third kappa shape index (κ3) is 4.33. The van der Waals surface area contributed by atoms with Gasteiger partial charge in [0.05, 0.1) is 13.2 Å². The molecule has 0 aromatic rings. The van der Waals surface area contributed by atoms with Crippen molar-refractivity contribution in [3.8, 4) is 0 Å². The van der Waals surface area contributed by atoms with E-state index < -0.39 is 55.2 Å². The summed E-state index contributed by atoms with van der Waals surface area (Å²) in [5, 5.41) is 54.9. The molecule has 1 aliphatic rings. The third-order valence-corrected chi connectivity index (χ3v) is 3.13. The summed E-state index contributed by atoms with van der Waals surface area (Å²) in [5.74, 6) is -4.73. The molecule has 5 atom stereocenters. The van der Waals surface area contributed by atoms with E-state index in [1.807, 2.05) is 0 Å².